The second-order valence-corrected chi connectivity index (χ2v) is 5.15. The molecule has 0 bridgehead atoms. The zero-order chi connectivity index (χ0) is 12.7. The van der Waals surface area contributed by atoms with Gasteiger partial charge < -0.3 is 15.5 Å². The standard InChI is InChI=1S/C13H21NO2S/c1-10-5-3-4-6-12(10)13(14-2)9-17-8-11(16)7-15/h3-6,11,13-16H,7-9H2,1-2H3. The highest BCUT2D eigenvalue weighted by atomic mass is 32.2. The summed E-state index contributed by atoms with van der Waals surface area (Å²) in [6.07, 6.45) is -0.616. The third kappa shape index (κ3) is 4.68. The van der Waals surface area contributed by atoms with Crippen molar-refractivity contribution in [1.29, 1.82) is 0 Å². The number of thioether (sulfide) groups is 1. The molecule has 2 unspecified atom stereocenters. The maximum Gasteiger partial charge on any atom is 0.0861 e. The molecule has 3 N–H and O–H groups in total. The van der Waals surface area contributed by atoms with Crippen LogP contribution in [0.3, 0.4) is 0 Å². The van der Waals surface area contributed by atoms with Crippen molar-refractivity contribution < 1.29 is 10.2 Å². The summed E-state index contributed by atoms with van der Waals surface area (Å²) in [4.78, 5) is 0. The molecule has 0 fully saturated rings. The fraction of sp³-hybridized carbons (Fsp3) is 0.538. The second-order valence-electron chi connectivity index (χ2n) is 4.07. The summed E-state index contributed by atoms with van der Waals surface area (Å²) < 4.78 is 0. The number of aliphatic hydroxyl groups excluding tert-OH is 2. The predicted octanol–water partition coefficient (Wildman–Crippen LogP) is 1.34. The largest absolute Gasteiger partial charge is 0.394 e. The van der Waals surface area contributed by atoms with Gasteiger partial charge in [-0.3, -0.25) is 0 Å². The Balaban J connectivity index is 2.52. The van der Waals surface area contributed by atoms with Crippen molar-refractivity contribution >= 4 is 11.8 Å². The molecular weight excluding hydrogens is 234 g/mol. The molecule has 1 rings (SSSR count). The predicted molar refractivity (Wildman–Crippen MR) is 73.4 cm³/mol. The zero-order valence-corrected chi connectivity index (χ0v) is 11.2. The number of hydrogen-bond donors (Lipinski definition) is 3. The summed E-state index contributed by atoms with van der Waals surface area (Å²) in [6.45, 7) is 1.94. The molecular formula is C13H21NO2S. The van der Waals surface area contributed by atoms with Gasteiger partial charge in [-0.05, 0) is 25.1 Å². The average Bonchev–Trinajstić information content (AvgIpc) is 2.35. The van der Waals surface area contributed by atoms with E-state index in [9.17, 15) is 5.11 Å². The third-order valence-electron chi connectivity index (χ3n) is 2.72. The van der Waals surface area contributed by atoms with Crippen molar-refractivity contribution in [1.82, 2.24) is 5.32 Å². The maximum absolute atomic E-state index is 9.28. The monoisotopic (exact) mass is 255 g/mol. The minimum absolute atomic E-state index is 0.165. The van der Waals surface area contributed by atoms with E-state index in [1.807, 2.05) is 19.2 Å². The first kappa shape index (κ1) is 14.5. The lowest BCUT2D eigenvalue weighted by Gasteiger charge is -2.19. The Bertz CT molecular complexity index is 333. The van der Waals surface area contributed by atoms with Crippen molar-refractivity contribution in [2.45, 2.75) is 19.1 Å². The highest BCUT2D eigenvalue weighted by Crippen LogP contribution is 2.21. The topological polar surface area (TPSA) is 52.5 Å². The van der Waals surface area contributed by atoms with Gasteiger partial charge >= 0.3 is 0 Å². The van der Waals surface area contributed by atoms with Crippen molar-refractivity contribution in [2.75, 3.05) is 25.2 Å². The van der Waals surface area contributed by atoms with Crippen LogP contribution in [0.15, 0.2) is 24.3 Å². The quantitative estimate of drug-likeness (QED) is 0.688. The molecule has 0 amide bonds. The van der Waals surface area contributed by atoms with Gasteiger partial charge in [0.05, 0.1) is 12.7 Å². The van der Waals surface area contributed by atoms with Crippen molar-refractivity contribution in [3.63, 3.8) is 0 Å². The van der Waals surface area contributed by atoms with Crippen LogP contribution in [0.1, 0.15) is 17.2 Å². The number of rotatable bonds is 7. The molecule has 1 aromatic rings. The molecule has 0 saturated heterocycles. The normalized spacial score (nSPS) is 14.6. The number of benzene rings is 1. The van der Waals surface area contributed by atoms with E-state index < -0.39 is 6.10 Å². The van der Waals surface area contributed by atoms with Crippen molar-refractivity contribution in [3.05, 3.63) is 35.4 Å². The van der Waals surface area contributed by atoms with Crippen LogP contribution >= 0.6 is 11.8 Å². The van der Waals surface area contributed by atoms with Crippen LogP contribution in [-0.4, -0.2) is 41.5 Å². The minimum atomic E-state index is -0.616. The van der Waals surface area contributed by atoms with Gasteiger partial charge in [-0.2, -0.15) is 11.8 Å². The highest BCUT2D eigenvalue weighted by Gasteiger charge is 2.12. The lowest BCUT2D eigenvalue weighted by molar-refractivity contribution is 0.113. The molecule has 0 aliphatic carbocycles. The number of aryl methyl sites for hydroxylation is 1. The van der Waals surface area contributed by atoms with E-state index in [-0.39, 0.29) is 12.6 Å². The first-order chi connectivity index (χ1) is 8.19. The molecule has 0 aliphatic heterocycles. The Morgan fingerprint density at radius 2 is 2.00 bits per heavy atom. The van der Waals surface area contributed by atoms with Gasteiger partial charge in [-0.1, -0.05) is 24.3 Å². The minimum Gasteiger partial charge on any atom is -0.394 e. The summed E-state index contributed by atoms with van der Waals surface area (Å²) in [5.41, 5.74) is 2.57. The van der Waals surface area contributed by atoms with Crippen LogP contribution in [0.4, 0.5) is 0 Å². The van der Waals surface area contributed by atoms with Crippen molar-refractivity contribution in [3.8, 4) is 0 Å². The summed E-state index contributed by atoms with van der Waals surface area (Å²) in [6, 6.07) is 8.59. The molecule has 96 valence electrons. The van der Waals surface area contributed by atoms with Gasteiger partial charge in [0, 0.05) is 17.5 Å². The second kappa shape index (κ2) is 7.71. The van der Waals surface area contributed by atoms with Crippen LogP contribution in [0.25, 0.3) is 0 Å². The fourth-order valence-electron chi connectivity index (χ4n) is 1.68. The average molecular weight is 255 g/mol. The van der Waals surface area contributed by atoms with E-state index in [2.05, 4.69) is 24.4 Å². The maximum atomic E-state index is 9.28. The number of aliphatic hydroxyl groups is 2. The first-order valence-corrected chi connectivity index (χ1v) is 6.94. The zero-order valence-electron chi connectivity index (χ0n) is 10.4. The molecule has 2 atom stereocenters. The Kier molecular flexibility index (Phi) is 6.58. The van der Waals surface area contributed by atoms with Gasteiger partial charge in [-0.15, -0.1) is 0 Å². The molecule has 0 spiro atoms. The van der Waals surface area contributed by atoms with E-state index in [0.29, 0.717) is 5.75 Å². The molecule has 3 nitrogen and oxygen atoms in total. The summed E-state index contributed by atoms with van der Waals surface area (Å²) in [7, 11) is 1.94. The van der Waals surface area contributed by atoms with Gasteiger partial charge in [0.2, 0.25) is 0 Å². The molecule has 1 aromatic carbocycles. The van der Waals surface area contributed by atoms with E-state index >= 15 is 0 Å². The first-order valence-electron chi connectivity index (χ1n) is 5.78. The van der Waals surface area contributed by atoms with E-state index in [1.54, 1.807) is 11.8 Å². The smallest absolute Gasteiger partial charge is 0.0861 e. The SMILES string of the molecule is CNC(CSCC(O)CO)c1ccccc1C. The van der Waals surface area contributed by atoms with Gasteiger partial charge in [-0.25, -0.2) is 0 Å². The number of hydrogen-bond acceptors (Lipinski definition) is 4. The molecule has 0 saturated carbocycles. The Hall–Kier alpha value is -0.550. The summed E-state index contributed by atoms with van der Waals surface area (Å²) >= 11 is 1.65. The molecule has 0 aliphatic rings. The lowest BCUT2D eigenvalue weighted by atomic mass is 10.0. The molecule has 17 heavy (non-hydrogen) atoms. The highest BCUT2D eigenvalue weighted by molar-refractivity contribution is 7.99. The van der Waals surface area contributed by atoms with Crippen LogP contribution in [0.2, 0.25) is 0 Å². The fourth-order valence-corrected chi connectivity index (χ4v) is 2.78. The van der Waals surface area contributed by atoms with E-state index in [0.717, 1.165) is 5.75 Å². The number of nitrogens with one attached hydrogen (secondary N) is 1. The Morgan fingerprint density at radius 3 is 2.59 bits per heavy atom. The summed E-state index contributed by atoms with van der Waals surface area (Å²) in [5.74, 6) is 1.46. The van der Waals surface area contributed by atoms with Crippen LogP contribution in [-0.2, 0) is 0 Å². The van der Waals surface area contributed by atoms with Crippen LogP contribution in [0.5, 0.6) is 0 Å². The van der Waals surface area contributed by atoms with Gasteiger partial charge in [0.15, 0.2) is 0 Å². The Morgan fingerprint density at radius 1 is 1.29 bits per heavy atom. The van der Waals surface area contributed by atoms with Crippen LogP contribution < -0.4 is 5.32 Å². The molecule has 0 aromatic heterocycles. The Labute approximate surface area is 107 Å². The third-order valence-corrected chi connectivity index (χ3v) is 3.91. The molecule has 4 heteroatoms. The van der Waals surface area contributed by atoms with E-state index in [1.165, 1.54) is 11.1 Å². The lowest BCUT2D eigenvalue weighted by Crippen LogP contribution is -2.22. The molecule has 0 heterocycles. The van der Waals surface area contributed by atoms with Crippen molar-refractivity contribution in [2.24, 2.45) is 0 Å². The molecule has 0 radical (unpaired) electrons. The summed E-state index contributed by atoms with van der Waals surface area (Å²) in [5, 5.41) is 21.3. The van der Waals surface area contributed by atoms with Gasteiger partial charge in [0.1, 0.15) is 0 Å². The van der Waals surface area contributed by atoms with Gasteiger partial charge in [0.25, 0.3) is 0 Å². The van der Waals surface area contributed by atoms with Crippen LogP contribution in [0, 0.1) is 6.92 Å². The van der Waals surface area contributed by atoms with E-state index in [4.69, 9.17) is 5.11 Å².